The fourth-order valence-corrected chi connectivity index (χ4v) is 4.50. The highest BCUT2D eigenvalue weighted by Gasteiger charge is 2.27. The van der Waals surface area contributed by atoms with Crippen LogP contribution in [0.15, 0.2) is 17.5 Å². The van der Waals surface area contributed by atoms with Crippen molar-refractivity contribution in [3.8, 4) is 0 Å². The summed E-state index contributed by atoms with van der Waals surface area (Å²) in [5.74, 6) is -0.0922. The minimum atomic E-state index is -3.35. The standard InChI is InChI=1S/C17H28N2O3S2/c1-13(2)24(21,22)12-17(20)18-11-15(16-5-4-10-23-16)19-8-6-14(3)7-9-19/h4-5,10,13-15H,6-9,11-12H2,1-3H3,(H,18,20). The van der Waals surface area contributed by atoms with E-state index < -0.39 is 26.7 Å². The Hall–Kier alpha value is -0.920. The van der Waals surface area contributed by atoms with Crippen LogP contribution in [-0.4, -0.2) is 49.9 Å². The number of thiophene rings is 1. The van der Waals surface area contributed by atoms with Crippen molar-refractivity contribution in [3.63, 3.8) is 0 Å². The average Bonchev–Trinajstić information content (AvgIpc) is 3.02. The van der Waals surface area contributed by atoms with Crippen molar-refractivity contribution in [2.75, 3.05) is 25.4 Å². The van der Waals surface area contributed by atoms with Crippen molar-refractivity contribution in [2.45, 2.75) is 44.9 Å². The third kappa shape index (κ3) is 5.29. The van der Waals surface area contributed by atoms with Crippen LogP contribution in [0.1, 0.15) is 44.5 Å². The lowest BCUT2D eigenvalue weighted by atomic mass is 9.97. The van der Waals surface area contributed by atoms with Gasteiger partial charge in [0.2, 0.25) is 5.91 Å². The summed E-state index contributed by atoms with van der Waals surface area (Å²) in [6, 6.07) is 4.23. The Balaban J connectivity index is 1.98. The molecular formula is C17H28N2O3S2. The maximum atomic E-state index is 12.1. The third-order valence-electron chi connectivity index (χ3n) is 4.67. The van der Waals surface area contributed by atoms with E-state index in [-0.39, 0.29) is 6.04 Å². The van der Waals surface area contributed by atoms with Gasteiger partial charge in [0.05, 0.1) is 11.3 Å². The highest BCUT2D eigenvalue weighted by atomic mass is 32.2. The molecule has 24 heavy (non-hydrogen) atoms. The molecule has 0 spiro atoms. The van der Waals surface area contributed by atoms with Crippen LogP contribution in [0, 0.1) is 5.92 Å². The molecule has 5 nitrogen and oxygen atoms in total. The number of hydrogen-bond donors (Lipinski definition) is 1. The van der Waals surface area contributed by atoms with Crippen molar-refractivity contribution >= 4 is 27.1 Å². The van der Waals surface area contributed by atoms with E-state index in [1.165, 1.54) is 4.88 Å². The molecule has 0 aliphatic carbocycles. The first kappa shape index (κ1) is 19.4. The Morgan fingerprint density at radius 1 is 1.38 bits per heavy atom. The Labute approximate surface area is 149 Å². The lowest BCUT2D eigenvalue weighted by Gasteiger charge is -2.36. The number of sulfone groups is 1. The van der Waals surface area contributed by atoms with Crippen LogP contribution < -0.4 is 5.32 Å². The largest absolute Gasteiger partial charge is 0.353 e. The number of piperidine rings is 1. The first-order valence-corrected chi connectivity index (χ1v) is 11.1. The van der Waals surface area contributed by atoms with Gasteiger partial charge in [-0.1, -0.05) is 13.0 Å². The zero-order chi connectivity index (χ0) is 17.7. The van der Waals surface area contributed by atoms with Gasteiger partial charge >= 0.3 is 0 Å². The number of rotatable bonds is 7. The van der Waals surface area contributed by atoms with Gasteiger partial charge in [0.25, 0.3) is 0 Å². The number of nitrogens with one attached hydrogen (secondary N) is 1. The van der Waals surface area contributed by atoms with Crippen molar-refractivity contribution in [1.82, 2.24) is 10.2 Å². The van der Waals surface area contributed by atoms with E-state index in [0.717, 1.165) is 31.8 Å². The van der Waals surface area contributed by atoms with Gasteiger partial charge < -0.3 is 5.32 Å². The fourth-order valence-electron chi connectivity index (χ4n) is 2.84. The van der Waals surface area contributed by atoms with Gasteiger partial charge in [-0.05, 0) is 57.1 Å². The van der Waals surface area contributed by atoms with Crippen LogP contribution in [0.2, 0.25) is 0 Å². The van der Waals surface area contributed by atoms with Crippen LogP contribution in [-0.2, 0) is 14.6 Å². The third-order valence-corrected chi connectivity index (χ3v) is 7.75. The van der Waals surface area contributed by atoms with E-state index in [9.17, 15) is 13.2 Å². The van der Waals surface area contributed by atoms with Crippen LogP contribution in [0.25, 0.3) is 0 Å². The summed E-state index contributed by atoms with van der Waals surface area (Å²) in [5, 5.41) is 4.35. The molecule has 0 radical (unpaired) electrons. The summed E-state index contributed by atoms with van der Waals surface area (Å²) < 4.78 is 23.8. The lowest BCUT2D eigenvalue weighted by molar-refractivity contribution is -0.118. The Kier molecular flexibility index (Phi) is 6.83. The first-order valence-electron chi connectivity index (χ1n) is 8.55. The molecule has 1 saturated heterocycles. The Morgan fingerprint density at radius 3 is 2.58 bits per heavy atom. The topological polar surface area (TPSA) is 66.5 Å². The second kappa shape index (κ2) is 8.45. The number of amides is 1. The van der Waals surface area contributed by atoms with Crippen LogP contribution >= 0.6 is 11.3 Å². The summed E-state index contributed by atoms with van der Waals surface area (Å²) >= 11 is 1.68. The van der Waals surface area contributed by atoms with Gasteiger partial charge in [0.15, 0.2) is 9.84 Å². The summed E-state index contributed by atoms with van der Waals surface area (Å²) in [6.45, 7) is 7.98. The summed E-state index contributed by atoms with van der Waals surface area (Å²) in [5.41, 5.74) is 0. The zero-order valence-electron chi connectivity index (χ0n) is 14.7. The van der Waals surface area contributed by atoms with Crippen LogP contribution in [0.4, 0.5) is 0 Å². The smallest absolute Gasteiger partial charge is 0.235 e. The molecule has 2 heterocycles. The highest BCUT2D eigenvalue weighted by molar-refractivity contribution is 7.92. The van der Waals surface area contributed by atoms with E-state index >= 15 is 0 Å². The van der Waals surface area contributed by atoms with E-state index in [1.807, 2.05) is 11.4 Å². The van der Waals surface area contributed by atoms with Crippen molar-refractivity contribution in [2.24, 2.45) is 5.92 Å². The maximum absolute atomic E-state index is 12.1. The molecule has 1 unspecified atom stereocenters. The molecule has 7 heteroatoms. The minimum Gasteiger partial charge on any atom is -0.353 e. The number of carbonyl (C=O) groups is 1. The molecule has 0 bridgehead atoms. The van der Waals surface area contributed by atoms with E-state index in [1.54, 1.807) is 25.2 Å². The molecule has 1 aromatic rings. The molecular weight excluding hydrogens is 344 g/mol. The normalized spacial score (nSPS) is 18.7. The molecule has 2 rings (SSSR count). The molecule has 0 saturated carbocycles. The quantitative estimate of drug-likeness (QED) is 0.798. The molecule has 1 aliphatic rings. The zero-order valence-corrected chi connectivity index (χ0v) is 16.3. The van der Waals surface area contributed by atoms with Gasteiger partial charge in [0.1, 0.15) is 5.75 Å². The predicted molar refractivity (Wildman–Crippen MR) is 99.0 cm³/mol. The van der Waals surface area contributed by atoms with E-state index in [0.29, 0.717) is 6.54 Å². The number of nitrogens with zero attached hydrogens (tertiary/aromatic N) is 1. The molecule has 1 aliphatic heterocycles. The van der Waals surface area contributed by atoms with Crippen molar-refractivity contribution < 1.29 is 13.2 Å². The van der Waals surface area contributed by atoms with Crippen LogP contribution in [0.5, 0.6) is 0 Å². The number of hydrogen-bond acceptors (Lipinski definition) is 5. The lowest BCUT2D eigenvalue weighted by Crippen LogP contribution is -2.43. The van der Waals surface area contributed by atoms with Crippen molar-refractivity contribution in [3.05, 3.63) is 22.4 Å². The van der Waals surface area contributed by atoms with Crippen LogP contribution in [0.3, 0.4) is 0 Å². The van der Waals surface area contributed by atoms with Gasteiger partial charge in [-0.3, -0.25) is 9.69 Å². The average molecular weight is 373 g/mol. The number of likely N-dealkylation sites (tertiary alicyclic amines) is 1. The van der Waals surface area contributed by atoms with Crippen molar-refractivity contribution in [1.29, 1.82) is 0 Å². The summed E-state index contributed by atoms with van der Waals surface area (Å²) in [6.07, 6.45) is 2.33. The monoisotopic (exact) mass is 372 g/mol. The van der Waals surface area contributed by atoms with E-state index in [4.69, 9.17) is 0 Å². The molecule has 1 N–H and O–H groups in total. The highest BCUT2D eigenvalue weighted by Crippen LogP contribution is 2.29. The minimum absolute atomic E-state index is 0.128. The Morgan fingerprint density at radius 2 is 2.04 bits per heavy atom. The molecule has 0 aromatic carbocycles. The van der Waals surface area contributed by atoms with Gasteiger partial charge in [-0.15, -0.1) is 11.3 Å². The second-order valence-electron chi connectivity index (χ2n) is 6.91. The molecule has 1 aromatic heterocycles. The van der Waals surface area contributed by atoms with E-state index in [2.05, 4.69) is 23.2 Å². The van der Waals surface area contributed by atoms with Gasteiger partial charge in [0, 0.05) is 11.4 Å². The summed E-state index contributed by atoms with van der Waals surface area (Å²) in [7, 11) is -3.35. The first-order chi connectivity index (χ1) is 11.3. The number of carbonyl (C=O) groups excluding carboxylic acids is 1. The summed E-state index contributed by atoms with van der Waals surface area (Å²) in [4.78, 5) is 15.7. The fraction of sp³-hybridized carbons (Fsp3) is 0.706. The molecule has 1 fully saturated rings. The van der Waals surface area contributed by atoms with Gasteiger partial charge in [-0.2, -0.15) is 0 Å². The Bertz CT molecular complexity index is 618. The van der Waals surface area contributed by atoms with Gasteiger partial charge in [-0.25, -0.2) is 8.42 Å². The molecule has 1 atom stereocenters. The predicted octanol–water partition coefficient (Wildman–Crippen LogP) is 2.46. The SMILES string of the molecule is CC1CCN(C(CNC(=O)CS(=O)(=O)C(C)C)c2cccs2)CC1. The molecule has 1 amide bonds. The second-order valence-corrected chi connectivity index (χ2v) is 10.4. The molecule has 136 valence electrons. The maximum Gasteiger partial charge on any atom is 0.235 e.